The van der Waals surface area contributed by atoms with Crippen LogP contribution in [0.2, 0.25) is 0 Å². The number of likely N-dealkylation sites (tertiary alicyclic amines) is 1. The molecule has 1 aromatic carbocycles. The molecular weight excluding hydrogens is 394 g/mol. The van der Waals surface area contributed by atoms with E-state index in [1.54, 1.807) is 12.1 Å². The number of aromatic nitrogens is 1. The molecule has 2 aliphatic rings. The second kappa shape index (κ2) is 9.98. The number of piperidine rings is 1. The van der Waals surface area contributed by atoms with Crippen molar-refractivity contribution in [2.24, 2.45) is 5.92 Å². The Morgan fingerprint density at radius 3 is 2.77 bits per heavy atom. The highest BCUT2D eigenvalue weighted by molar-refractivity contribution is 6.03. The molecule has 7 nitrogen and oxygen atoms in total. The fourth-order valence-corrected chi connectivity index (χ4v) is 4.65. The largest absolute Gasteiger partial charge is 0.492 e. The maximum absolute atomic E-state index is 12.9. The van der Waals surface area contributed by atoms with E-state index < -0.39 is 0 Å². The Kier molecular flexibility index (Phi) is 6.89. The molecule has 2 aromatic rings. The van der Waals surface area contributed by atoms with Gasteiger partial charge in [0.1, 0.15) is 5.75 Å². The molecule has 1 atom stereocenters. The normalized spacial score (nSPS) is 19.8. The van der Waals surface area contributed by atoms with Gasteiger partial charge in [-0.1, -0.05) is 36.6 Å². The van der Waals surface area contributed by atoms with E-state index in [1.165, 1.54) is 6.42 Å². The zero-order valence-corrected chi connectivity index (χ0v) is 18.1. The molecule has 7 heteroatoms. The summed E-state index contributed by atoms with van der Waals surface area (Å²) in [4.78, 5) is 27.6. The van der Waals surface area contributed by atoms with Crippen LogP contribution in [0, 0.1) is 5.92 Å². The standard InChI is InChI=1S/C24H31N3O4/c1-2-30-21-13-7-6-12-19(21)25-23(28)22-15-20(26-31-22)18-11-8-14-27(16-18)24(29)17-9-4-3-5-10-17/h6-7,12-13,15,17-18H,2-5,8-11,14,16H2,1H3,(H,25,28)/t18-/m1/s1. The van der Waals surface area contributed by atoms with Crippen LogP contribution in [0.25, 0.3) is 0 Å². The van der Waals surface area contributed by atoms with Crippen LogP contribution in [-0.2, 0) is 4.79 Å². The van der Waals surface area contributed by atoms with Gasteiger partial charge in [0, 0.05) is 31.0 Å². The Morgan fingerprint density at radius 2 is 1.97 bits per heavy atom. The van der Waals surface area contributed by atoms with Gasteiger partial charge in [0.25, 0.3) is 5.91 Å². The van der Waals surface area contributed by atoms with Crippen LogP contribution >= 0.6 is 0 Å². The van der Waals surface area contributed by atoms with Crippen molar-refractivity contribution in [2.75, 3.05) is 25.0 Å². The zero-order valence-electron chi connectivity index (χ0n) is 18.1. The lowest BCUT2D eigenvalue weighted by atomic mass is 9.87. The molecule has 31 heavy (non-hydrogen) atoms. The minimum atomic E-state index is -0.364. The number of rotatable bonds is 6. The quantitative estimate of drug-likeness (QED) is 0.730. The van der Waals surface area contributed by atoms with Gasteiger partial charge in [-0.2, -0.15) is 0 Å². The number of ether oxygens (including phenoxy) is 1. The number of benzene rings is 1. The van der Waals surface area contributed by atoms with Gasteiger partial charge in [0.15, 0.2) is 0 Å². The summed E-state index contributed by atoms with van der Waals surface area (Å²) < 4.78 is 10.9. The van der Waals surface area contributed by atoms with Crippen LogP contribution in [0.3, 0.4) is 0 Å². The Labute approximate surface area is 183 Å². The van der Waals surface area contributed by atoms with Crippen molar-refractivity contribution in [3.05, 3.63) is 41.8 Å². The topological polar surface area (TPSA) is 84.7 Å². The van der Waals surface area contributed by atoms with Crippen LogP contribution < -0.4 is 10.1 Å². The van der Waals surface area contributed by atoms with E-state index in [1.807, 2.05) is 30.0 Å². The molecule has 2 heterocycles. The molecule has 2 fully saturated rings. The first kappa shape index (κ1) is 21.4. The number of anilines is 1. The number of hydrogen-bond acceptors (Lipinski definition) is 5. The number of carbonyl (C=O) groups is 2. The number of hydrogen-bond donors (Lipinski definition) is 1. The van der Waals surface area contributed by atoms with Crippen LogP contribution in [-0.4, -0.2) is 41.6 Å². The molecular formula is C24H31N3O4. The molecule has 1 saturated heterocycles. The van der Waals surface area contributed by atoms with Crippen molar-refractivity contribution in [1.82, 2.24) is 10.1 Å². The fraction of sp³-hybridized carbons (Fsp3) is 0.542. The summed E-state index contributed by atoms with van der Waals surface area (Å²) in [5.74, 6) is 0.980. The molecule has 2 amide bonds. The van der Waals surface area contributed by atoms with Crippen molar-refractivity contribution < 1.29 is 18.8 Å². The van der Waals surface area contributed by atoms with Gasteiger partial charge >= 0.3 is 0 Å². The first-order valence-electron chi connectivity index (χ1n) is 11.4. The summed E-state index contributed by atoms with van der Waals surface area (Å²) in [6, 6.07) is 9.00. The Balaban J connectivity index is 1.40. The average molecular weight is 426 g/mol. The van der Waals surface area contributed by atoms with E-state index in [2.05, 4.69) is 10.5 Å². The van der Waals surface area contributed by atoms with Crippen LogP contribution in [0.5, 0.6) is 5.75 Å². The van der Waals surface area contributed by atoms with Gasteiger partial charge in [-0.05, 0) is 44.7 Å². The number of nitrogens with zero attached hydrogens (tertiary/aromatic N) is 2. The lowest BCUT2D eigenvalue weighted by molar-refractivity contribution is -0.137. The SMILES string of the molecule is CCOc1ccccc1NC(=O)c1cc([C@@H]2CCCN(C(=O)C3CCCCC3)C2)no1. The van der Waals surface area contributed by atoms with Gasteiger partial charge < -0.3 is 19.5 Å². The molecule has 1 aromatic heterocycles. The molecule has 166 valence electrons. The first-order chi connectivity index (χ1) is 15.2. The van der Waals surface area contributed by atoms with Gasteiger partial charge in [0.2, 0.25) is 11.7 Å². The predicted octanol–water partition coefficient (Wildman–Crippen LogP) is 4.61. The number of amides is 2. The van der Waals surface area contributed by atoms with Crippen molar-refractivity contribution in [3.63, 3.8) is 0 Å². The van der Waals surface area contributed by atoms with E-state index in [9.17, 15) is 9.59 Å². The predicted molar refractivity (Wildman–Crippen MR) is 117 cm³/mol. The molecule has 0 bridgehead atoms. The maximum atomic E-state index is 12.9. The van der Waals surface area contributed by atoms with E-state index >= 15 is 0 Å². The molecule has 0 spiro atoms. The van der Waals surface area contributed by atoms with E-state index in [0.29, 0.717) is 30.5 Å². The Bertz CT molecular complexity index is 904. The highest BCUT2D eigenvalue weighted by atomic mass is 16.5. The summed E-state index contributed by atoms with van der Waals surface area (Å²) in [6.45, 7) is 3.87. The molecule has 0 radical (unpaired) electrons. The van der Waals surface area contributed by atoms with Crippen molar-refractivity contribution in [2.45, 2.75) is 57.8 Å². The summed E-state index contributed by atoms with van der Waals surface area (Å²) in [6.07, 6.45) is 7.46. The fourth-order valence-electron chi connectivity index (χ4n) is 4.65. The monoisotopic (exact) mass is 425 g/mol. The summed E-state index contributed by atoms with van der Waals surface area (Å²) in [5.41, 5.74) is 1.33. The zero-order chi connectivity index (χ0) is 21.6. The maximum Gasteiger partial charge on any atom is 0.294 e. The van der Waals surface area contributed by atoms with Crippen LogP contribution in [0.1, 0.15) is 74.0 Å². The number of carbonyl (C=O) groups excluding carboxylic acids is 2. The third-order valence-electron chi connectivity index (χ3n) is 6.29. The third kappa shape index (κ3) is 5.09. The Hall–Kier alpha value is -2.83. The molecule has 1 aliphatic carbocycles. The van der Waals surface area contributed by atoms with Gasteiger partial charge in [-0.3, -0.25) is 9.59 Å². The van der Waals surface area contributed by atoms with E-state index in [0.717, 1.165) is 50.8 Å². The van der Waals surface area contributed by atoms with Gasteiger partial charge in [0.05, 0.1) is 18.0 Å². The molecule has 4 rings (SSSR count). The molecule has 1 N–H and O–H groups in total. The molecule has 1 saturated carbocycles. The summed E-state index contributed by atoms with van der Waals surface area (Å²) in [7, 11) is 0. The highest BCUT2D eigenvalue weighted by Gasteiger charge is 2.31. The van der Waals surface area contributed by atoms with Crippen molar-refractivity contribution >= 4 is 17.5 Å². The minimum absolute atomic E-state index is 0.0994. The number of nitrogens with one attached hydrogen (secondary N) is 1. The smallest absolute Gasteiger partial charge is 0.294 e. The lowest BCUT2D eigenvalue weighted by Gasteiger charge is -2.35. The highest BCUT2D eigenvalue weighted by Crippen LogP contribution is 2.31. The van der Waals surface area contributed by atoms with E-state index in [4.69, 9.17) is 9.26 Å². The van der Waals surface area contributed by atoms with Gasteiger partial charge in [-0.25, -0.2) is 0 Å². The van der Waals surface area contributed by atoms with Crippen molar-refractivity contribution in [1.29, 1.82) is 0 Å². The minimum Gasteiger partial charge on any atom is -0.492 e. The second-order valence-corrected chi connectivity index (χ2v) is 8.46. The Morgan fingerprint density at radius 1 is 1.16 bits per heavy atom. The summed E-state index contributed by atoms with van der Waals surface area (Å²) in [5, 5.41) is 7.00. The third-order valence-corrected chi connectivity index (χ3v) is 6.29. The summed E-state index contributed by atoms with van der Waals surface area (Å²) >= 11 is 0. The van der Waals surface area contributed by atoms with Crippen LogP contribution in [0.15, 0.2) is 34.9 Å². The first-order valence-corrected chi connectivity index (χ1v) is 11.4. The second-order valence-electron chi connectivity index (χ2n) is 8.46. The molecule has 1 aliphatic heterocycles. The lowest BCUT2D eigenvalue weighted by Crippen LogP contribution is -2.42. The van der Waals surface area contributed by atoms with Crippen molar-refractivity contribution in [3.8, 4) is 5.75 Å². The average Bonchev–Trinajstić information content (AvgIpc) is 3.31. The van der Waals surface area contributed by atoms with E-state index in [-0.39, 0.29) is 23.5 Å². The molecule has 0 unspecified atom stereocenters. The number of para-hydroxylation sites is 2. The van der Waals surface area contributed by atoms with Gasteiger partial charge in [-0.15, -0.1) is 0 Å². The van der Waals surface area contributed by atoms with Crippen LogP contribution in [0.4, 0.5) is 5.69 Å².